The molecule has 0 aromatic heterocycles. The number of phenols is 1. The Bertz CT molecular complexity index is 836. The highest BCUT2D eigenvalue weighted by Crippen LogP contribution is 2.22. The number of hydrogen-bond donors (Lipinski definition) is 1. The summed E-state index contributed by atoms with van der Waals surface area (Å²) < 4.78 is 5.62. The van der Waals surface area contributed by atoms with Crippen LogP contribution in [-0.4, -0.2) is 40.9 Å². The van der Waals surface area contributed by atoms with Gasteiger partial charge in [-0.15, -0.1) is 0 Å². The third-order valence-electron chi connectivity index (χ3n) is 3.70. The smallest absolute Gasteiger partial charge is 0.342 e. The van der Waals surface area contributed by atoms with Gasteiger partial charge in [-0.05, 0) is 23.8 Å². The number of benzene rings is 2. The minimum absolute atomic E-state index is 0.00271. The average Bonchev–Trinajstić information content (AvgIpc) is 3.12. The lowest BCUT2D eigenvalue weighted by Crippen LogP contribution is -2.28. The molecule has 1 amide bonds. The Morgan fingerprint density at radius 3 is 2.72 bits per heavy atom. The van der Waals surface area contributed by atoms with Gasteiger partial charge in [0.15, 0.2) is 6.61 Å². The minimum Gasteiger partial charge on any atom is -0.507 e. The van der Waals surface area contributed by atoms with Crippen molar-refractivity contribution in [2.45, 2.75) is 6.42 Å². The lowest BCUT2D eigenvalue weighted by atomic mass is 10.1. The topological polar surface area (TPSA) is 79.2 Å². The van der Waals surface area contributed by atoms with Crippen LogP contribution in [-0.2, 0) is 9.53 Å². The Labute approximate surface area is 152 Å². The highest BCUT2D eigenvalue weighted by atomic mass is 79.9. The predicted octanol–water partition coefficient (Wildman–Crippen LogP) is 2.95. The first-order valence-electron chi connectivity index (χ1n) is 7.63. The molecule has 7 heteroatoms. The third kappa shape index (κ3) is 4.06. The van der Waals surface area contributed by atoms with Crippen LogP contribution in [0.15, 0.2) is 58.1 Å². The van der Waals surface area contributed by atoms with Crippen molar-refractivity contribution in [3.8, 4) is 5.75 Å². The number of amides is 1. The molecule has 1 aliphatic rings. The van der Waals surface area contributed by atoms with E-state index in [2.05, 4.69) is 21.0 Å². The van der Waals surface area contributed by atoms with Crippen LogP contribution in [0.2, 0.25) is 0 Å². The summed E-state index contributed by atoms with van der Waals surface area (Å²) in [7, 11) is 0. The van der Waals surface area contributed by atoms with Crippen molar-refractivity contribution in [1.82, 2.24) is 5.01 Å². The SMILES string of the molecule is O=C(OCC(=O)N1CCC(c2ccccc2)=N1)c1cc(Br)ccc1O. The van der Waals surface area contributed by atoms with Crippen molar-refractivity contribution in [1.29, 1.82) is 0 Å². The van der Waals surface area contributed by atoms with Crippen LogP contribution in [0, 0.1) is 0 Å². The van der Waals surface area contributed by atoms with Gasteiger partial charge in [0.1, 0.15) is 11.3 Å². The Kier molecular flexibility index (Phi) is 5.14. The molecule has 128 valence electrons. The molecule has 25 heavy (non-hydrogen) atoms. The lowest BCUT2D eigenvalue weighted by Gasteiger charge is -2.12. The molecular weight excluding hydrogens is 388 g/mol. The van der Waals surface area contributed by atoms with Crippen LogP contribution < -0.4 is 0 Å². The van der Waals surface area contributed by atoms with Crippen LogP contribution in [0.25, 0.3) is 0 Å². The first-order chi connectivity index (χ1) is 12.0. The van der Waals surface area contributed by atoms with E-state index in [1.807, 2.05) is 30.3 Å². The minimum atomic E-state index is -0.765. The second kappa shape index (κ2) is 7.48. The average molecular weight is 403 g/mol. The van der Waals surface area contributed by atoms with Crippen molar-refractivity contribution in [2.24, 2.45) is 5.10 Å². The van der Waals surface area contributed by atoms with Gasteiger partial charge < -0.3 is 9.84 Å². The summed E-state index contributed by atoms with van der Waals surface area (Å²) in [6, 6.07) is 14.0. The van der Waals surface area contributed by atoms with Gasteiger partial charge >= 0.3 is 5.97 Å². The second-order valence-corrected chi connectivity index (χ2v) is 6.33. The molecule has 0 fully saturated rings. The van der Waals surface area contributed by atoms with Gasteiger partial charge in [-0.2, -0.15) is 5.10 Å². The monoisotopic (exact) mass is 402 g/mol. The zero-order valence-corrected chi connectivity index (χ0v) is 14.8. The fourth-order valence-corrected chi connectivity index (χ4v) is 2.78. The molecular formula is C18H15BrN2O4. The quantitative estimate of drug-likeness (QED) is 0.797. The number of carbonyl (C=O) groups excluding carboxylic acids is 2. The van der Waals surface area contributed by atoms with Crippen LogP contribution in [0.5, 0.6) is 5.75 Å². The maximum absolute atomic E-state index is 12.2. The van der Waals surface area contributed by atoms with Gasteiger partial charge in [-0.25, -0.2) is 9.80 Å². The van der Waals surface area contributed by atoms with Crippen molar-refractivity contribution in [2.75, 3.05) is 13.2 Å². The fraction of sp³-hybridized carbons (Fsp3) is 0.167. The van der Waals surface area contributed by atoms with Crippen LogP contribution >= 0.6 is 15.9 Å². The molecule has 6 nitrogen and oxygen atoms in total. The maximum Gasteiger partial charge on any atom is 0.342 e. The molecule has 0 unspecified atom stereocenters. The largest absolute Gasteiger partial charge is 0.507 e. The van der Waals surface area contributed by atoms with Gasteiger partial charge in [-0.1, -0.05) is 46.3 Å². The number of carbonyl (C=O) groups is 2. The summed E-state index contributed by atoms with van der Waals surface area (Å²) in [5.74, 6) is -1.38. The number of nitrogens with zero attached hydrogens (tertiary/aromatic N) is 2. The number of hydrazone groups is 1. The lowest BCUT2D eigenvalue weighted by molar-refractivity contribution is -0.134. The molecule has 0 spiro atoms. The molecule has 0 saturated carbocycles. The number of hydrogen-bond acceptors (Lipinski definition) is 5. The van der Waals surface area contributed by atoms with Crippen LogP contribution in [0.3, 0.4) is 0 Å². The van der Waals surface area contributed by atoms with E-state index in [9.17, 15) is 14.7 Å². The molecule has 0 radical (unpaired) electrons. The molecule has 1 aliphatic heterocycles. The van der Waals surface area contributed by atoms with Gasteiger partial charge in [0.05, 0.1) is 12.3 Å². The van der Waals surface area contributed by atoms with Crippen molar-refractivity contribution in [3.63, 3.8) is 0 Å². The van der Waals surface area contributed by atoms with Gasteiger partial charge in [0, 0.05) is 10.9 Å². The highest BCUT2D eigenvalue weighted by molar-refractivity contribution is 9.10. The second-order valence-electron chi connectivity index (χ2n) is 5.42. The molecule has 0 aliphatic carbocycles. The standard InChI is InChI=1S/C18H15BrN2O4/c19-13-6-7-16(22)14(10-13)18(24)25-11-17(23)21-9-8-15(20-21)12-4-2-1-3-5-12/h1-7,10,22H,8-9,11H2. The third-order valence-corrected chi connectivity index (χ3v) is 4.20. The number of ether oxygens (including phenoxy) is 1. The number of esters is 1. The van der Waals surface area contributed by atoms with E-state index in [1.165, 1.54) is 17.1 Å². The van der Waals surface area contributed by atoms with E-state index in [4.69, 9.17) is 4.74 Å². The number of aromatic hydroxyl groups is 1. The van der Waals surface area contributed by atoms with Gasteiger partial charge in [0.2, 0.25) is 0 Å². The zero-order chi connectivity index (χ0) is 17.8. The molecule has 2 aromatic carbocycles. The number of phenolic OH excluding ortho intramolecular Hbond substituents is 1. The van der Waals surface area contributed by atoms with Crippen molar-refractivity contribution < 1.29 is 19.4 Å². The van der Waals surface area contributed by atoms with E-state index in [0.717, 1.165) is 11.3 Å². The van der Waals surface area contributed by atoms with Crippen LogP contribution in [0.4, 0.5) is 0 Å². The summed E-state index contributed by atoms with van der Waals surface area (Å²) in [6.07, 6.45) is 0.649. The molecule has 0 saturated heterocycles. The van der Waals surface area contributed by atoms with E-state index < -0.39 is 18.5 Å². The summed E-state index contributed by atoms with van der Waals surface area (Å²) >= 11 is 3.22. The Morgan fingerprint density at radius 2 is 1.96 bits per heavy atom. The van der Waals surface area contributed by atoms with Gasteiger partial charge in [0.25, 0.3) is 5.91 Å². The van der Waals surface area contributed by atoms with Crippen molar-refractivity contribution >= 4 is 33.5 Å². The molecule has 1 heterocycles. The molecule has 2 aromatic rings. The first kappa shape index (κ1) is 17.2. The van der Waals surface area contributed by atoms with Gasteiger partial charge in [-0.3, -0.25) is 4.79 Å². The molecule has 1 N–H and O–H groups in total. The Balaban J connectivity index is 1.61. The van der Waals surface area contributed by atoms with E-state index in [1.54, 1.807) is 6.07 Å². The van der Waals surface area contributed by atoms with Crippen molar-refractivity contribution in [3.05, 3.63) is 64.1 Å². The summed E-state index contributed by atoms with van der Waals surface area (Å²) in [4.78, 5) is 24.2. The first-order valence-corrected chi connectivity index (χ1v) is 8.43. The molecule has 3 rings (SSSR count). The Morgan fingerprint density at radius 1 is 1.20 bits per heavy atom. The van der Waals surface area contributed by atoms with E-state index in [0.29, 0.717) is 17.4 Å². The highest BCUT2D eigenvalue weighted by Gasteiger charge is 2.23. The summed E-state index contributed by atoms with van der Waals surface area (Å²) in [5.41, 5.74) is 1.79. The fourth-order valence-electron chi connectivity index (χ4n) is 2.42. The molecule has 0 atom stereocenters. The van der Waals surface area contributed by atoms with Crippen LogP contribution in [0.1, 0.15) is 22.3 Å². The zero-order valence-electron chi connectivity index (χ0n) is 13.2. The number of rotatable bonds is 4. The Hall–Kier alpha value is -2.67. The van der Waals surface area contributed by atoms with E-state index >= 15 is 0 Å². The number of halogens is 1. The van der Waals surface area contributed by atoms with E-state index in [-0.39, 0.29) is 11.3 Å². The summed E-state index contributed by atoms with van der Waals surface area (Å²) in [6.45, 7) is 0.0130. The molecule has 0 bridgehead atoms. The maximum atomic E-state index is 12.2. The summed E-state index contributed by atoms with van der Waals surface area (Å²) in [5, 5.41) is 15.3. The predicted molar refractivity (Wildman–Crippen MR) is 95.4 cm³/mol. The normalized spacial score (nSPS) is 13.5.